The maximum Gasteiger partial charge on any atom is 0.242 e. The van der Waals surface area contributed by atoms with Gasteiger partial charge in [-0.3, -0.25) is 0 Å². The van der Waals surface area contributed by atoms with E-state index in [0.29, 0.717) is 17.5 Å². The van der Waals surface area contributed by atoms with Crippen LogP contribution in [-0.2, 0) is 16.6 Å². The molecule has 0 aliphatic heterocycles. The third-order valence-electron chi connectivity index (χ3n) is 2.70. The van der Waals surface area contributed by atoms with Gasteiger partial charge in [-0.2, -0.15) is 11.8 Å². The first-order valence-electron chi connectivity index (χ1n) is 6.59. The van der Waals surface area contributed by atoms with Gasteiger partial charge in [0.05, 0.1) is 0 Å². The lowest BCUT2D eigenvalue weighted by atomic mass is 10.3. The van der Waals surface area contributed by atoms with E-state index in [1.54, 1.807) is 11.8 Å². The SMILES string of the molecule is CSCC(C)NS(=O)(=O)c1c(C)csc1CNC(C)C. The average Bonchev–Trinajstić information content (AvgIpc) is 2.68. The second-order valence-corrected chi connectivity index (χ2v) is 8.71. The quantitative estimate of drug-likeness (QED) is 0.766. The molecule has 0 amide bonds. The lowest BCUT2D eigenvalue weighted by molar-refractivity contribution is 0.563. The molecular formula is C13H24N2O2S3. The molecule has 1 heterocycles. The lowest BCUT2D eigenvalue weighted by Crippen LogP contribution is -2.35. The molecule has 0 radical (unpaired) electrons. The molecule has 20 heavy (non-hydrogen) atoms. The standard InChI is InChI=1S/C13H24N2O2S3/c1-9(2)14-6-12-13(10(3)7-19-12)20(16,17)15-11(4)8-18-5/h7,9,11,14-15H,6,8H2,1-5H3. The zero-order valence-electron chi connectivity index (χ0n) is 12.7. The minimum atomic E-state index is -3.44. The molecular weight excluding hydrogens is 312 g/mol. The summed E-state index contributed by atoms with van der Waals surface area (Å²) in [6.07, 6.45) is 1.97. The fourth-order valence-corrected chi connectivity index (χ4v) is 5.57. The first-order valence-corrected chi connectivity index (χ1v) is 10.3. The summed E-state index contributed by atoms with van der Waals surface area (Å²) in [5.74, 6) is 0.766. The van der Waals surface area contributed by atoms with E-state index in [0.717, 1.165) is 16.2 Å². The van der Waals surface area contributed by atoms with Crippen molar-refractivity contribution in [3.8, 4) is 0 Å². The summed E-state index contributed by atoms with van der Waals surface area (Å²) in [6, 6.07) is 0.261. The molecule has 0 aromatic carbocycles. The molecule has 0 aliphatic carbocycles. The van der Waals surface area contributed by atoms with Crippen LogP contribution in [0.5, 0.6) is 0 Å². The monoisotopic (exact) mass is 336 g/mol. The topological polar surface area (TPSA) is 58.2 Å². The third kappa shape index (κ3) is 5.04. The van der Waals surface area contributed by atoms with Crippen LogP contribution in [0.2, 0.25) is 0 Å². The number of hydrogen-bond donors (Lipinski definition) is 2. The van der Waals surface area contributed by atoms with E-state index in [-0.39, 0.29) is 6.04 Å². The molecule has 0 saturated carbocycles. The number of rotatable bonds is 8. The van der Waals surface area contributed by atoms with Gasteiger partial charge in [-0.05, 0) is 31.0 Å². The molecule has 1 aromatic rings. The summed E-state index contributed by atoms with van der Waals surface area (Å²) in [5, 5.41) is 5.19. The van der Waals surface area contributed by atoms with E-state index >= 15 is 0 Å². The van der Waals surface area contributed by atoms with Crippen LogP contribution in [0, 0.1) is 6.92 Å². The van der Waals surface area contributed by atoms with Crippen molar-refractivity contribution in [3.05, 3.63) is 15.8 Å². The third-order valence-corrected chi connectivity index (χ3v) is 6.59. The van der Waals surface area contributed by atoms with E-state index < -0.39 is 10.0 Å². The minimum absolute atomic E-state index is 0.0693. The number of nitrogens with one attached hydrogen (secondary N) is 2. The van der Waals surface area contributed by atoms with Gasteiger partial charge in [0.15, 0.2) is 0 Å². The van der Waals surface area contributed by atoms with Gasteiger partial charge >= 0.3 is 0 Å². The Kier molecular flexibility index (Phi) is 7.00. The molecule has 0 fully saturated rings. The predicted molar refractivity (Wildman–Crippen MR) is 89.2 cm³/mol. The highest BCUT2D eigenvalue weighted by Gasteiger charge is 2.24. The van der Waals surface area contributed by atoms with E-state index in [1.165, 1.54) is 11.3 Å². The summed E-state index contributed by atoms with van der Waals surface area (Å²) in [6.45, 7) is 8.43. The Labute approximate surface area is 130 Å². The molecule has 7 heteroatoms. The fourth-order valence-electron chi connectivity index (χ4n) is 1.87. The van der Waals surface area contributed by atoms with E-state index in [1.807, 2.05) is 39.3 Å². The van der Waals surface area contributed by atoms with Crippen LogP contribution in [0.1, 0.15) is 31.2 Å². The highest BCUT2D eigenvalue weighted by molar-refractivity contribution is 7.98. The van der Waals surface area contributed by atoms with Gasteiger partial charge in [-0.1, -0.05) is 13.8 Å². The summed E-state index contributed by atoms with van der Waals surface area (Å²) in [5.41, 5.74) is 0.819. The Hall–Kier alpha value is -0.0800. The van der Waals surface area contributed by atoms with Crippen molar-refractivity contribution in [1.82, 2.24) is 10.0 Å². The van der Waals surface area contributed by atoms with E-state index in [2.05, 4.69) is 10.0 Å². The summed E-state index contributed by atoms with van der Waals surface area (Å²) < 4.78 is 27.8. The summed E-state index contributed by atoms with van der Waals surface area (Å²) >= 11 is 3.13. The van der Waals surface area contributed by atoms with Gasteiger partial charge in [0.2, 0.25) is 10.0 Å². The fraction of sp³-hybridized carbons (Fsp3) is 0.692. The number of hydrogen-bond acceptors (Lipinski definition) is 5. The van der Waals surface area contributed by atoms with Crippen molar-refractivity contribution in [2.45, 2.75) is 51.2 Å². The molecule has 1 unspecified atom stereocenters. The number of sulfonamides is 1. The maximum atomic E-state index is 12.5. The van der Waals surface area contributed by atoms with Crippen LogP contribution in [0.25, 0.3) is 0 Å². The van der Waals surface area contributed by atoms with Crippen LogP contribution in [0.4, 0.5) is 0 Å². The highest BCUT2D eigenvalue weighted by Crippen LogP contribution is 2.27. The van der Waals surface area contributed by atoms with Crippen LogP contribution in [0.3, 0.4) is 0 Å². The number of aryl methyl sites for hydroxylation is 1. The molecule has 4 nitrogen and oxygen atoms in total. The van der Waals surface area contributed by atoms with Gasteiger partial charge in [0.1, 0.15) is 4.90 Å². The van der Waals surface area contributed by atoms with Gasteiger partial charge in [0.25, 0.3) is 0 Å². The number of thioether (sulfide) groups is 1. The van der Waals surface area contributed by atoms with Crippen molar-refractivity contribution in [3.63, 3.8) is 0 Å². The van der Waals surface area contributed by atoms with Crippen LogP contribution in [0.15, 0.2) is 10.3 Å². The lowest BCUT2D eigenvalue weighted by Gasteiger charge is -2.15. The van der Waals surface area contributed by atoms with Gasteiger partial charge < -0.3 is 5.32 Å². The average molecular weight is 337 g/mol. The molecule has 0 bridgehead atoms. The van der Waals surface area contributed by atoms with Crippen molar-refractivity contribution in [1.29, 1.82) is 0 Å². The molecule has 116 valence electrons. The van der Waals surface area contributed by atoms with Crippen LogP contribution >= 0.6 is 23.1 Å². The van der Waals surface area contributed by atoms with Gasteiger partial charge in [-0.15, -0.1) is 11.3 Å². The van der Waals surface area contributed by atoms with Gasteiger partial charge in [-0.25, -0.2) is 13.1 Å². The Morgan fingerprint density at radius 3 is 2.55 bits per heavy atom. The van der Waals surface area contributed by atoms with Gasteiger partial charge in [0, 0.05) is 29.3 Å². The molecule has 1 aromatic heterocycles. The first kappa shape index (κ1) is 18.0. The number of thiophene rings is 1. The second kappa shape index (κ2) is 7.79. The normalized spacial score (nSPS) is 13.9. The first-order chi connectivity index (χ1) is 9.27. The Bertz CT molecular complexity index is 524. The highest BCUT2D eigenvalue weighted by atomic mass is 32.2. The Morgan fingerprint density at radius 2 is 2.00 bits per heavy atom. The molecule has 0 aliphatic rings. The largest absolute Gasteiger partial charge is 0.310 e. The van der Waals surface area contributed by atoms with Crippen LogP contribution < -0.4 is 10.0 Å². The molecule has 0 saturated heterocycles. The second-order valence-electron chi connectivity index (χ2n) is 5.18. The molecule has 1 rings (SSSR count). The molecule has 1 atom stereocenters. The zero-order chi connectivity index (χ0) is 15.3. The molecule has 2 N–H and O–H groups in total. The summed E-state index contributed by atoms with van der Waals surface area (Å²) in [4.78, 5) is 1.32. The smallest absolute Gasteiger partial charge is 0.242 e. The van der Waals surface area contributed by atoms with E-state index in [4.69, 9.17) is 0 Å². The van der Waals surface area contributed by atoms with Crippen LogP contribution in [-0.4, -0.2) is 32.5 Å². The van der Waals surface area contributed by atoms with E-state index in [9.17, 15) is 8.42 Å². The van der Waals surface area contributed by atoms with Crippen molar-refractivity contribution in [2.24, 2.45) is 0 Å². The minimum Gasteiger partial charge on any atom is -0.310 e. The predicted octanol–water partition coefficient (Wildman–Crippen LogP) is 2.58. The maximum absolute atomic E-state index is 12.5. The summed E-state index contributed by atoms with van der Waals surface area (Å²) in [7, 11) is -3.44. The molecule has 0 spiro atoms. The zero-order valence-corrected chi connectivity index (χ0v) is 15.1. The Balaban J connectivity index is 2.96. The van der Waals surface area contributed by atoms with Crippen molar-refractivity contribution in [2.75, 3.05) is 12.0 Å². The Morgan fingerprint density at radius 1 is 1.35 bits per heavy atom. The van der Waals surface area contributed by atoms with Crippen molar-refractivity contribution < 1.29 is 8.42 Å². The van der Waals surface area contributed by atoms with Crippen molar-refractivity contribution >= 4 is 33.1 Å².